The Balaban J connectivity index is 2.93. The fraction of sp³-hybridized carbons (Fsp3) is 0.143. The van der Waals surface area contributed by atoms with Crippen LogP contribution in [0.5, 0.6) is 5.75 Å². The topological polar surface area (TPSA) is 29.5 Å². The highest BCUT2D eigenvalue weighted by molar-refractivity contribution is 6.34. The fourth-order valence-corrected chi connectivity index (χ4v) is 0.992. The van der Waals surface area contributed by atoms with Gasteiger partial charge in [0.05, 0.1) is 5.02 Å². The van der Waals surface area contributed by atoms with Crippen molar-refractivity contribution in [2.75, 3.05) is 6.79 Å². The van der Waals surface area contributed by atoms with Crippen LogP contribution in [0.25, 0.3) is 0 Å². The van der Waals surface area contributed by atoms with Crippen LogP contribution in [0.4, 0.5) is 0 Å². The van der Waals surface area contributed by atoms with Crippen LogP contribution in [0, 0.1) is 0 Å². The normalized spacial score (nSPS) is 9.73. The van der Waals surface area contributed by atoms with Gasteiger partial charge in [0.15, 0.2) is 6.79 Å². The molecule has 0 bridgehead atoms. The molecule has 0 atom stereocenters. The smallest absolute Gasteiger partial charge is 0.186 e. The molecule has 0 aliphatic carbocycles. The van der Waals surface area contributed by atoms with E-state index in [0.717, 1.165) is 0 Å². The van der Waals surface area contributed by atoms with Crippen LogP contribution in [0.1, 0.15) is 0 Å². The zero-order valence-electron chi connectivity index (χ0n) is 5.55. The van der Waals surface area contributed by atoms with Crippen LogP contribution in [0.15, 0.2) is 18.2 Å². The van der Waals surface area contributed by atoms with Gasteiger partial charge in [-0.3, -0.25) is 0 Å². The van der Waals surface area contributed by atoms with Crippen molar-refractivity contribution >= 4 is 23.2 Å². The van der Waals surface area contributed by atoms with Crippen LogP contribution in [0.3, 0.4) is 0 Å². The van der Waals surface area contributed by atoms with E-state index in [0.29, 0.717) is 15.8 Å². The fourth-order valence-electron chi connectivity index (χ4n) is 0.657. The summed E-state index contributed by atoms with van der Waals surface area (Å²) in [7, 11) is 0. The summed E-state index contributed by atoms with van der Waals surface area (Å²) >= 11 is 11.3. The molecule has 1 aromatic rings. The number of aliphatic hydroxyl groups is 1. The van der Waals surface area contributed by atoms with Crippen LogP contribution in [0.2, 0.25) is 10.0 Å². The van der Waals surface area contributed by atoms with Crippen LogP contribution in [-0.2, 0) is 0 Å². The van der Waals surface area contributed by atoms with Crippen molar-refractivity contribution in [1.29, 1.82) is 0 Å². The summed E-state index contributed by atoms with van der Waals surface area (Å²) in [6.07, 6.45) is 0. The van der Waals surface area contributed by atoms with Gasteiger partial charge >= 0.3 is 0 Å². The predicted octanol–water partition coefficient (Wildman–Crippen LogP) is 2.32. The van der Waals surface area contributed by atoms with E-state index in [1.165, 1.54) is 0 Å². The third-order valence-corrected chi connectivity index (χ3v) is 1.66. The Labute approximate surface area is 74.3 Å². The minimum absolute atomic E-state index is 0.390. The minimum atomic E-state index is -0.403. The number of ether oxygens (including phenoxy) is 1. The third-order valence-electron chi connectivity index (χ3n) is 1.11. The van der Waals surface area contributed by atoms with Gasteiger partial charge in [-0.05, 0) is 12.1 Å². The van der Waals surface area contributed by atoms with Gasteiger partial charge in [0, 0.05) is 11.1 Å². The molecular weight excluding hydrogens is 187 g/mol. The lowest BCUT2D eigenvalue weighted by atomic mass is 10.3. The number of hydrogen-bond donors (Lipinski definition) is 1. The molecule has 60 valence electrons. The Kier molecular flexibility index (Phi) is 3.00. The van der Waals surface area contributed by atoms with Gasteiger partial charge in [0.1, 0.15) is 5.75 Å². The second-order valence-electron chi connectivity index (χ2n) is 1.85. The second-order valence-corrected chi connectivity index (χ2v) is 2.69. The number of aliphatic hydroxyl groups excluding tert-OH is 1. The van der Waals surface area contributed by atoms with Crippen molar-refractivity contribution in [2.45, 2.75) is 0 Å². The van der Waals surface area contributed by atoms with Gasteiger partial charge in [-0.15, -0.1) is 0 Å². The summed E-state index contributed by atoms with van der Waals surface area (Å²) in [5.41, 5.74) is 0. The molecule has 0 amide bonds. The van der Waals surface area contributed by atoms with Crippen molar-refractivity contribution in [1.82, 2.24) is 0 Å². The molecule has 1 N–H and O–H groups in total. The summed E-state index contributed by atoms with van der Waals surface area (Å²) in [5.74, 6) is 0.390. The van der Waals surface area contributed by atoms with Crippen LogP contribution >= 0.6 is 23.2 Å². The highest BCUT2D eigenvalue weighted by atomic mass is 35.5. The van der Waals surface area contributed by atoms with E-state index < -0.39 is 6.79 Å². The molecule has 4 heteroatoms. The minimum Gasteiger partial charge on any atom is -0.466 e. The average Bonchev–Trinajstić information content (AvgIpc) is 1.98. The molecular formula is C7H6Cl2O2. The summed E-state index contributed by atoms with van der Waals surface area (Å²) in [6.45, 7) is -0.403. The summed E-state index contributed by atoms with van der Waals surface area (Å²) in [4.78, 5) is 0. The Morgan fingerprint density at radius 2 is 2.09 bits per heavy atom. The summed E-state index contributed by atoms with van der Waals surface area (Å²) in [6, 6.07) is 4.79. The highest BCUT2D eigenvalue weighted by Crippen LogP contribution is 2.27. The average molecular weight is 193 g/mol. The molecule has 0 unspecified atom stereocenters. The summed E-state index contributed by atoms with van der Waals surface area (Å²) in [5, 5.41) is 9.37. The van der Waals surface area contributed by atoms with Crippen LogP contribution < -0.4 is 4.74 Å². The Morgan fingerprint density at radius 3 is 2.73 bits per heavy atom. The summed E-state index contributed by atoms with van der Waals surface area (Å²) < 4.78 is 4.76. The molecule has 2 nitrogen and oxygen atoms in total. The maximum Gasteiger partial charge on any atom is 0.186 e. The lowest BCUT2D eigenvalue weighted by Gasteiger charge is -2.03. The monoisotopic (exact) mass is 192 g/mol. The Morgan fingerprint density at radius 1 is 1.36 bits per heavy atom. The lowest BCUT2D eigenvalue weighted by Crippen LogP contribution is -1.94. The van der Waals surface area contributed by atoms with Crippen LogP contribution in [-0.4, -0.2) is 11.9 Å². The van der Waals surface area contributed by atoms with Gasteiger partial charge < -0.3 is 9.84 Å². The largest absolute Gasteiger partial charge is 0.466 e. The van der Waals surface area contributed by atoms with Gasteiger partial charge in [0.25, 0.3) is 0 Å². The number of hydrogen-bond acceptors (Lipinski definition) is 2. The van der Waals surface area contributed by atoms with Gasteiger partial charge in [-0.2, -0.15) is 0 Å². The van der Waals surface area contributed by atoms with Crippen molar-refractivity contribution in [3.63, 3.8) is 0 Å². The van der Waals surface area contributed by atoms with Gasteiger partial charge in [0.2, 0.25) is 0 Å². The molecule has 11 heavy (non-hydrogen) atoms. The first-order valence-electron chi connectivity index (χ1n) is 2.93. The first kappa shape index (κ1) is 8.65. The molecule has 0 heterocycles. The molecule has 0 spiro atoms. The van der Waals surface area contributed by atoms with E-state index in [1.807, 2.05) is 0 Å². The van der Waals surface area contributed by atoms with E-state index in [-0.39, 0.29) is 0 Å². The standard InChI is InChI=1S/C7H6Cl2O2/c8-5-1-2-6(9)7(3-5)11-4-10/h1-3,10H,4H2. The molecule has 0 aliphatic rings. The number of rotatable bonds is 2. The molecule has 0 saturated heterocycles. The van der Waals surface area contributed by atoms with E-state index in [1.54, 1.807) is 18.2 Å². The van der Waals surface area contributed by atoms with Crippen molar-refractivity contribution in [2.24, 2.45) is 0 Å². The molecule has 0 fully saturated rings. The highest BCUT2D eigenvalue weighted by Gasteiger charge is 2.00. The molecule has 0 aromatic heterocycles. The van der Waals surface area contributed by atoms with Gasteiger partial charge in [-0.25, -0.2) is 0 Å². The first-order chi connectivity index (χ1) is 5.24. The van der Waals surface area contributed by atoms with E-state index in [9.17, 15) is 0 Å². The second kappa shape index (κ2) is 3.81. The first-order valence-corrected chi connectivity index (χ1v) is 3.68. The number of benzene rings is 1. The van der Waals surface area contributed by atoms with Crippen molar-refractivity contribution in [3.8, 4) is 5.75 Å². The Hall–Kier alpha value is -0.440. The molecule has 0 radical (unpaired) electrons. The maximum atomic E-state index is 8.41. The number of halogens is 2. The molecule has 1 aromatic carbocycles. The predicted molar refractivity (Wildman–Crippen MR) is 44.2 cm³/mol. The zero-order chi connectivity index (χ0) is 8.27. The third kappa shape index (κ3) is 2.26. The van der Waals surface area contributed by atoms with E-state index in [2.05, 4.69) is 0 Å². The quantitative estimate of drug-likeness (QED) is 0.730. The van der Waals surface area contributed by atoms with E-state index >= 15 is 0 Å². The van der Waals surface area contributed by atoms with Crippen molar-refractivity contribution in [3.05, 3.63) is 28.2 Å². The lowest BCUT2D eigenvalue weighted by molar-refractivity contribution is 0.0986. The molecule has 1 rings (SSSR count). The maximum absolute atomic E-state index is 8.41. The van der Waals surface area contributed by atoms with Gasteiger partial charge in [-0.1, -0.05) is 23.2 Å². The molecule has 0 saturated carbocycles. The SMILES string of the molecule is OCOc1cc(Cl)ccc1Cl. The zero-order valence-corrected chi connectivity index (χ0v) is 7.06. The van der Waals surface area contributed by atoms with E-state index in [4.69, 9.17) is 33.0 Å². The Bertz CT molecular complexity index is 250. The molecule has 0 aliphatic heterocycles. The van der Waals surface area contributed by atoms with Crippen molar-refractivity contribution < 1.29 is 9.84 Å².